The van der Waals surface area contributed by atoms with E-state index in [0.717, 1.165) is 0 Å². The molecule has 1 aromatic heterocycles. The molecule has 0 amide bonds. The Morgan fingerprint density at radius 3 is 3.00 bits per heavy atom. The van der Waals surface area contributed by atoms with E-state index in [2.05, 4.69) is 9.72 Å². The maximum absolute atomic E-state index is 12.8. The maximum atomic E-state index is 12.8. The maximum Gasteiger partial charge on any atom is 0.310 e. The summed E-state index contributed by atoms with van der Waals surface area (Å²) in [6, 6.07) is 1.17. The number of halogens is 1. The third-order valence-corrected chi connectivity index (χ3v) is 1.50. The number of nitrogens with two attached hydrogens (primary N) is 1. The topological polar surface area (TPSA) is 65.2 Å². The zero-order chi connectivity index (χ0) is 9.84. The smallest absolute Gasteiger partial charge is 0.310 e. The molecule has 0 atom stereocenters. The van der Waals surface area contributed by atoms with Crippen molar-refractivity contribution in [2.24, 2.45) is 0 Å². The molecular formula is C8H9FN2O2. The lowest BCUT2D eigenvalue weighted by Crippen LogP contribution is -2.06. The number of nitrogens with zero attached hydrogens (tertiary/aromatic N) is 1. The second-order valence-electron chi connectivity index (χ2n) is 2.46. The Labute approximate surface area is 74.5 Å². The van der Waals surface area contributed by atoms with Crippen LogP contribution in [-0.2, 0) is 16.0 Å². The normalized spacial score (nSPS) is 9.69. The Morgan fingerprint density at radius 1 is 1.77 bits per heavy atom. The first-order valence-corrected chi connectivity index (χ1v) is 3.60. The second kappa shape index (κ2) is 3.84. The van der Waals surface area contributed by atoms with Gasteiger partial charge in [0, 0.05) is 6.20 Å². The van der Waals surface area contributed by atoms with Crippen molar-refractivity contribution < 1.29 is 13.9 Å². The number of aromatic nitrogens is 1. The Bertz CT molecular complexity index is 328. The summed E-state index contributed by atoms with van der Waals surface area (Å²) < 4.78 is 17.2. The number of carbonyl (C=O) groups excluding carboxylic acids is 1. The van der Waals surface area contributed by atoms with Crippen LogP contribution in [0, 0.1) is 5.82 Å². The highest BCUT2D eigenvalue weighted by Gasteiger charge is 2.06. The number of ether oxygens (including phenoxy) is 1. The summed E-state index contributed by atoms with van der Waals surface area (Å²) in [7, 11) is 1.27. The highest BCUT2D eigenvalue weighted by atomic mass is 19.1. The van der Waals surface area contributed by atoms with E-state index in [4.69, 9.17) is 5.73 Å². The van der Waals surface area contributed by atoms with Gasteiger partial charge in [-0.3, -0.25) is 4.79 Å². The highest BCUT2D eigenvalue weighted by molar-refractivity contribution is 5.72. The molecule has 1 heterocycles. The van der Waals surface area contributed by atoms with E-state index in [0.29, 0.717) is 5.56 Å². The fourth-order valence-corrected chi connectivity index (χ4v) is 0.824. The Kier molecular flexibility index (Phi) is 2.79. The zero-order valence-corrected chi connectivity index (χ0v) is 7.08. The number of esters is 1. The number of carbonyl (C=O) groups is 1. The molecule has 70 valence electrons. The average Bonchev–Trinajstić information content (AvgIpc) is 2.11. The van der Waals surface area contributed by atoms with Crippen molar-refractivity contribution in [2.75, 3.05) is 12.8 Å². The van der Waals surface area contributed by atoms with Crippen molar-refractivity contribution in [3.63, 3.8) is 0 Å². The van der Waals surface area contributed by atoms with Crippen LogP contribution in [0.4, 0.5) is 10.2 Å². The Morgan fingerprint density at radius 2 is 2.46 bits per heavy atom. The number of anilines is 1. The van der Waals surface area contributed by atoms with Gasteiger partial charge in [-0.2, -0.15) is 0 Å². The van der Waals surface area contributed by atoms with Gasteiger partial charge >= 0.3 is 5.97 Å². The number of methoxy groups -OCH3 is 1. The van der Waals surface area contributed by atoms with Crippen LogP contribution in [0.25, 0.3) is 0 Å². The van der Waals surface area contributed by atoms with Gasteiger partial charge in [-0.15, -0.1) is 0 Å². The molecule has 0 saturated heterocycles. The summed E-state index contributed by atoms with van der Waals surface area (Å²) in [5.74, 6) is -1.24. The molecule has 0 fully saturated rings. The van der Waals surface area contributed by atoms with Gasteiger partial charge in [-0.05, 0) is 11.6 Å². The van der Waals surface area contributed by atoms with E-state index < -0.39 is 11.8 Å². The second-order valence-corrected chi connectivity index (χ2v) is 2.46. The lowest BCUT2D eigenvalue weighted by Gasteiger charge is -2.00. The van der Waals surface area contributed by atoms with Gasteiger partial charge in [0.15, 0.2) is 11.6 Å². The molecule has 4 nitrogen and oxygen atoms in total. The third-order valence-electron chi connectivity index (χ3n) is 1.50. The van der Waals surface area contributed by atoms with Gasteiger partial charge in [-0.25, -0.2) is 9.37 Å². The first kappa shape index (κ1) is 9.44. The molecule has 0 saturated carbocycles. The van der Waals surface area contributed by atoms with Crippen LogP contribution >= 0.6 is 0 Å². The fourth-order valence-electron chi connectivity index (χ4n) is 0.824. The lowest BCUT2D eigenvalue weighted by molar-refractivity contribution is -0.139. The van der Waals surface area contributed by atoms with Crippen LogP contribution in [0.2, 0.25) is 0 Å². The van der Waals surface area contributed by atoms with Crippen LogP contribution < -0.4 is 5.73 Å². The van der Waals surface area contributed by atoms with Crippen molar-refractivity contribution in [3.05, 3.63) is 23.6 Å². The SMILES string of the molecule is COC(=O)Cc1cnc(N)c(F)c1. The first-order valence-electron chi connectivity index (χ1n) is 3.60. The van der Waals surface area contributed by atoms with Crippen molar-refractivity contribution in [1.29, 1.82) is 0 Å². The molecule has 13 heavy (non-hydrogen) atoms. The monoisotopic (exact) mass is 184 g/mol. The average molecular weight is 184 g/mol. The molecule has 2 N–H and O–H groups in total. The molecule has 0 aliphatic carbocycles. The number of rotatable bonds is 2. The summed E-state index contributed by atoms with van der Waals surface area (Å²) in [6.45, 7) is 0. The molecule has 0 aliphatic rings. The number of hydrogen-bond acceptors (Lipinski definition) is 4. The van der Waals surface area contributed by atoms with E-state index in [1.807, 2.05) is 0 Å². The lowest BCUT2D eigenvalue weighted by atomic mass is 10.2. The van der Waals surface area contributed by atoms with Crippen LogP contribution in [0.3, 0.4) is 0 Å². The standard InChI is InChI=1S/C8H9FN2O2/c1-13-7(12)3-5-2-6(9)8(10)11-4-5/h2,4H,3H2,1H3,(H2,10,11). The van der Waals surface area contributed by atoms with Crippen LogP contribution in [-0.4, -0.2) is 18.1 Å². The largest absolute Gasteiger partial charge is 0.469 e. The zero-order valence-electron chi connectivity index (χ0n) is 7.08. The van der Waals surface area contributed by atoms with Gasteiger partial charge in [0.05, 0.1) is 13.5 Å². The van der Waals surface area contributed by atoms with Gasteiger partial charge in [0.25, 0.3) is 0 Å². The minimum atomic E-state index is -0.624. The van der Waals surface area contributed by atoms with Gasteiger partial charge in [0.1, 0.15) is 0 Å². The molecule has 0 bridgehead atoms. The third kappa shape index (κ3) is 2.40. The van der Waals surface area contributed by atoms with Gasteiger partial charge in [-0.1, -0.05) is 0 Å². The minimum absolute atomic E-state index is 0.000694. The molecular weight excluding hydrogens is 175 g/mol. The number of nitrogen functional groups attached to an aromatic ring is 1. The minimum Gasteiger partial charge on any atom is -0.469 e. The predicted octanol–water partition coefficient (Wildman–Crippen LogP) is 0.518. The molecule has 0 aliphatic heterocycles. The van der Waals surface area contributed by atoms with E-state index >= 15 is 0 Å². The van der Waals surface area contributed by atoms with Crippen molar-refractivity contribution in [1.82, 2.24) is 4.98 Å². The van der Waals surface area contributed by atoms with Crippen LogP contribution in [0.1, 0.15) is 5.56 Å². The van der Waals surface area contributed by atoms with E-state index in [-0.39, 0.29) is 12.2 Å². The number of hydrogen-bond donors (Lipinski definition) is 1. The van der Waals surface area contributed by atoms with Crippen molar-refractivity contribution >= 4 is 11.8 Å². The fraction of sp³-hybridized carbons (Fsp3) is 0.250. The van der Waals surface area contributed by atoms with E-state index in [1.54, 1.807) is 0 Å². The van der Waals surface area contributed by atoms with E-state index in [9.17, 15) is 9.18 Å². The van der Waals surface area contributed by atoms with Crippen LogP contribution in [0.5, 0.6) is 0 Å². The molecule has 0 aromatic carbocycles. The van der Waals surface area contributed by atoms with Crippen molar-refractivity contribution in [2.45, 2.75) is 6.42 Å². The molecule has 0 unspecified atom stereocenters. The van der Waals surface area contributed by atoms with Crippen molar-refractivity contribution in [3.8, 4) is 0 Å². The highest BCUT2D eigenvalue weighted by Crippen LogP contribution is 2.08. The molecule has 0 radical (unpaired) electrons. The summed E-state index contributed by atoms with van der Waals surface area (Å²) in [5, 5.41) is 0. The summed E-state index contributed by atoms with van der Waals surface area (Å²) >= 11 is 0. The summed E-state index contributed by atoms with van der Waals surface area (Å²) in [4.78, 5) is 14.3. The number of pyridine rings is 1. The molecule has 0 spiro atoms. The molecule has 1 aromatic rings. The van der Waals surface area contributed by atoms with E-state index in [1.165, 1.54) is 19.4 Å². The quantitative estimate of drug-likeness (QED) is 0.680. The predicted molar refractivity (Wildman–Crippen MR) is 44.3 cm³/mol. The van der Waals surface area contributed by atoms with Gasteiger partial charge in [0.2, 0.25) is 0 Å². The van der Waals surface area contributed by atoms with Gasteiger partial charge < -0.3 is 10.5 Å². The Hall–Kier alpha value is -1.65. The molecule has 5 heteroatoms. The Balaban J connectivity index is 2.79. The molecule has 1 rings (SSSR count). The van der Waals surface area contributed by atoms with Crippen LogP contribution in [0.15, 0.2) is 12.3 Å². The summed E-state index contributed by atoms with van der Waals surface area (Å²) in [5.41, 5.74) is 5.59. The summed E-state index contributed by atoms with van der Waals surface area (Å²) in [6.07, 6.45) is 1.34. The first-order chi connectivity index (χ1) is 6.13.